The number of ether oxygens (including phenoxy) is 1. The second-order valence-electron chi connectivity index (χ2n) is 4.42. The Morgan fingerprint density at radius 2 is 1.76 bits per heavy atom. The number of aromatic nitrogens is 1. The highest BCUT2D eigenvalue weighted by atomic mass is 16.5. The maximum absolute atomic E-state index is 12.1. The maximum atomic E-state index is 12.1. The lowest BCUT2D eigenvalue weighted by molar-refractivity contribution is 0.0526. The Kier molecular flexibility index (Phi) is 4.66. The number of nitrogens with zero attached hydrogens (tertiary/aromatic N) is 1. The van der Waals surface area contributed by atoms with Crippen molar-refractivity contribution < 1.29 is 14.3 Å². The van der Waals surface area contributed by atoms with Gasteiger partial charge in [0.15, 0.2) is 0 Å². The minimum Gasteiger partial charge on any atom is -0.462 e. The van der Waals surface area contributed by atoms with Crippen molar-refractivity contribution >= 4 is 17.7 Å². The van der Waals surface area contributed by atoms with Gasteiger partial charge in [0.25, 0.3) is 5.91 Å². The number of nitrogens with one attached hydrogen (secondary N) is 1. The minimum atomic E-state index is -0.398. The summed E-state index contributed by atoms with van der Waals surface area (Å²) in [6.45, 7) is 3.92. The smallest absolute Gasteiger partial charge is 0.338 e. The Morgan fingerprint density at radius 3 is 2.38 bits per heavy atom. The van der Waals surface area contributed by atoms with Crippen molar-refractivity contribution in [1.29, 1.82) is 0 Å². The van der Waals surface area contributed by atoms with E-state index in [9.17, 15) is 9.59 Å². The van der Waals surface area contributed by atoms with Crippen molar-refractivity contribution in [2.45, 2.75) is 13.8 Å². The summed E-state index contributed by atoms with van der Waals surface area (Å²) >= 11 is 0. The quantitative estimate of drug-likeness (QED) is 0.877. The zero-order valence-corrected chi connectivity index (χ0v) is 11.9. The van der Waals surface area contributed by atoms with Crippen LogP contribution in [0.1, 0.15) is 33.3 Å². The van der Waals surface area contributed by atoms with Gasteiger partial charge in [-0.25, -0.2) is 9.78 Å². The van der Waals surface area contributed by atoms with Crippen LogP contribution in [0.3, 0.4) is 0 Å². The molecule has 0 aliphatic rings. The third-order valence-electron chi connectivity index (χ3n) is 2.79. The molecule has 0 saturated heterocycles. The molecular weight excluding hydrogens is 268 g/mol. The number of esters is 1. The highest BCUT2D eigenvalue weighted by Gasteiger charge is 2.10. The molecule has 0 radical (unpaired) electrons. The van der Waals surface area contributed by atoms with E-state index in [1.54, 1.807) is 37.3 Å². The van der Waals surface area contributed by atoms with Gasteiger partial charge in [0.05, 0.1) is 12.2 Å². The molecule has 0 spiro atoms. The van der Waals surface area contributed by atoms with Gasteiger partial charge in [-0.1, -0.05) is 6.07 Å². The van der Waals surface area contributed by atoms with Crippen molar-refractivity contribution in [1.82, 2.24) is 4.98 Å². The molecule has 1 aromatic carbocycles. The van der Waals surface area contributed by atoms with Crippen LogP contribution in [0, 0.1) is 6.92 Å². The van der Waals surface area contributed by atoms with E-state index in [0.717, 1.165) is 5.69 Å². The Hall–Kier alpha value is -2.69. The lowest BCUT2D eigenvalue weighted by atomic mass is 10.1. The number of anilines is 1. The molecule has 5 nitrogen and oxygen atoms in total. The van der Waals surface area contributed by atoms with E-state index in [1.807, 2.05) is 19.1 Å². The minimum absolute atomic E-state index is 0.275. The average molecular weight is 284 g/mol. The second-order valence-corrected chi connectivity index (χ2v) is 4.42. The summed E-state index contributed by atoms with van der Waals surface area (Å²) in [7, 11) is 0. The molecule has 0 aliphatic heterocycles. The Labute approximate surface area is 123 Å². The summed E-state index contributed by atoms with van der Waals surface area (Å²) < 4.78 is 4.89. The maximum Gasteiger partial charge on any atom is 0.338 e. The molecule has 0 bridgehead atoms. The van der Waals surface area contributed by atoms with Crippen LogP contribution in [0.5, 0.6) is 0 Å². The highest BCUT2D eigenvalue weighted by Crippen LogP contribution is 2.10. The van der Waals surface area contributed by atoms with Gasteiger partial charge in [0.2, 0.25) is 0 Å². The van der Waals surface area contributed by atoms with E-state index in [1.165, 1.54) is 0 Å². The summed E-state index contributed by atoms with van der Waals surface area (Å²) in [6, 6.07) is 11.7. The lowest BCUT2D eigenvalue weighted by Crippen LogP contribution is -2.13. The molecule has 108 valence electrons. The van der Waals surface area contributed by atoms with Crippen LogP contribution in [0.25, 0.3) is 0 Å². The van der Waals surface area contributed by atoms with Crippen LogP contribution in [0.4, 0.5) is 5.82 Å². The molecule has 1 aromatic heterocycles. The Morgan fingerprint density at radius 1 is 1.10 bits per heavy atom. The van der Waals surface area contributed by atoms with Gasteiger partial charge >= 0.3 is 5.97 Å². The molecule has 1 heterocycles. The SMILES string of the molecule is CCOC(=O)c1ccc(C(=O)Nc2cccc(C)n2)cc1. The van der Waals surface area contributed by atoms with Crippen molar-refractivity contribution in [2.24, 2.45) is 0 Å². The number of aryl methyl sites for hydroxylation is 1. The van der Waals surface area contributed by atoms with Crippen molar-refractivity contribution in [3.05, 3.63) is 59.3 Å². The number of hydrogen-bond acceptors (Lipinski definition) is 4. The third kappa shape index (κ3) is 3.89. The first kappa shape index (κ1) is 14.7. The monoisotopic (exact) mass is 284 g/mol. The first-order valence-electron chi connectivity index (χ1n) is 6.62. The zero-order chi connectivity index (χ0) is 15.2. The van der Waals surface area contributed by atoms with Crippen LogP contribution >= 0.6 is 0 Å². The highest BCUT2D eigenvalue weighted by molar-refractivity contribution is 6.04. The van der Waals surface area contributed by atoms with Crippen molar-refractivity contribution in [2.75, 3.05) is 11.9 Å². The summed E-state index contributed by atoms with van der Waals surface area (Å²) in [5.74, 6) is -0.178. The largest absolute Gasteiger partial charge is 0.462 e. The number of rotatable bonds is 4. The molecule has 0 unspecified atom stereocenters. The summed E-state index contributed by atoms with van der Waals surface area (Å²) in [5, 5.41) is 2.71. The fourth-order valence-corrected chi connectivity index (χ4v) is 1.77. The lowest BCUT2D eigenvalue weighted by Gasteiger charge is -2.06. The van der Waals surface area contributed by atoms with Gasteiger partial charge in [-0.3, -0.25) is 4.79 Å². The van der Waals surface area contributed by atoms with Gasteiger partial charge in [-0.15, -0.1) is 0 Å². The molecule has 0 saturated carbocycles. The molecule has 2 rings (SSSR count). The fourth-order valence-electron chi connectivity index (χ4n) is 1.77. The van der Waals surface area contributed by atoms with Crippen LogP contribution in [0.2, 0.25) is 0 Å². The number of carbonyl (C=O) groups excluding carboxylic acids is 2. The Balaban J connectivity index is 2.08. The Bertz CT molecular complexity index is 651. The van der Waals surface area contributed by atoms with E-state index in [2.05, 4.69) is 10.3 Å². The summed E-state index contributed by atoms with van der Waals surface area (Å²) in [4.78, 5) is 27.8. The normalized spacial score (nSPS) is 10.0. The van der Waals surface area contributed by atoms with Crippen molar-refractivity contribution in [3.8, 4) is 0 Å². The number of hydrogen-bond donors (Lipinski definition) is 1. The van der Waals surface area contributed by atoms with E-state index in [-0.39, 0.29) is 5.91 Å². The van der Waals surface area contributed by atoms with Gasteiger partial charge in [0.1, 0.15) is 5.82 Å². The molecule has 0 aliphatic carbocycles. The molecule has 21 heavy (non-hydrogen) atoms. The standard InChI is InChI=1S/C16H16N2O3/c1-3-21-16(20)13-9-7-12(8-10-13)15(19)18-14-6-4-5-11(2)17-14/h4-10H,3H2,1-2H3,(H,17,18,19). The van der Waals surface area contributed by atoms with E-state index >= 15 is 0 Å². The molecule has 2 aromatic rings. The third-order valence-corrected chi connectivity index (χ3v) is 2.79. The predicted molar refractivity (Wildman–Crippen MR) is 79.3 cm³/mol. The molecule has 0 atom stereocenters. The number of amides is 1. The predicted octanol–water partition coefficient (Wildman–Crippen LogP) is 2.82. The van der Waals surface area contributed by atoms with Crippen LogP contribution in [-0.4, -0.2) is 23.5 Å². The molecule has 0 fully saturated rings. The summed E-state index contributed by atoms with van der Waals surface area (Å²) in [6.07, 6.45) is 0. The molecular formula is C16H16N2O3. The van der Waals surface area contributed by atoms with Gasteiger partial charge in [-0.05, 0) is 50.2 Å². The topological polar surface area (TPSA) is 68.3 Å². The number of pyridine rings is 1. The van der Waals surface area contributed by atoms with Gasteiger partial charge < -0.3 is 10.1 Å². The van der Waals surface area contributed by atoms with Crippen molar-refractivity contribution in [3.63, 3.8) is 0 Å². The average Bonchev–Trinajstić information content (AvgIpc) is 2.47. The second kappa shape index (κ2) is 6.65. The fraction of sp³-hybridized carbons (Fsp3) is 0.188. The van der Waals surface area contributed by atoms with E-state index in [0.29, 0.717) is 23.6 Å². The number of carbonyl (C=O) groups is 2. The van der Waals surface area contributed by atoms with E-state index in [4.69, 9.17) is 4.74 Å². The number of benzene rings is 1. The van der Waals surface area contributed by atoms with Gasteiger partial charge in [0, 0.05) is 11.3 Å². The van der Waals surface area contributed by atoms with E-state index < -0.39 is 5.97 Å². The first-order valence-corrected chi connectivity index (χ1v) is 6.62. The van der Waals surface area contributed by atoms with Crippen LogP contribution < -0.4 is 5.32 Å². The van der Waals surface area contributed by atoms with Crippen LogP contribution in [-0.2, 0) is 4.74 Å². The first-order chi connectivity index (χ1) is 10.1. The van der Waals surface area contributed by atoms with Crippen LogP contribution in [0.15, 0.2) is 42.5 Å². The summed E-state index contributed by atoms with van der Waals surface area (Å²) in [5.41, 5.74) is 1.69. The molecule has 1 N–H and O–H groups in total. The molecule has 1 amide bonds. The zero-order valence-electron chi connectivity index (χ0n) is 11.9. The molecule has 5 heteroatoms. The van der Waals surface area contributed by atoms with Gasteiger partial charge in [-0.2, -0.15) is 0 Å².